The van der Waals surface area contributed by atoms with Crippen molar-refractivity contribution in [1.82, 2.24) is 9.80 Å². The molecule has 41 heavy (non-hydrogen) atoms. The van der Waals surface area contributed by atoms with E-state index in [1.165, 1.54) is 0 Å². The molecule has 1 N–H and O–H groups in total. The largest absolute Gasteiger partial charge is 0.507 e. The van der Waals surface area contributed by atoms with Gasteiger partial charge in [-0.1, -0.05) is 44.6 Å². The van der Waals surface area contributed by atoms with Crippen molar-refractivity contribution in [3.8, 4) is 11.5 Å². The smallest absolute Gasteiger partial charge is 0.295 e. The van der Waals surface area contributed by atoms with Crippen molar-refractivity contribution in [2.45, 2.75) is 45.6 Å². The van der Waals surface area contributed by atoms with Crippen LogP contribution in [0.5, 0.6) is 11.5 Å². The third-order valence-corrected chi connectivity index (χ3v) is 7.53. The number of morpholine rings is 1. The van der Waals surface area contributed by atoms with E-state index in [-0.39, 0.29) is 11.3 Å². The van der Waals surface area contributed by atoms with Crippen LogP contribution in [0.3, 0.4) is 0 Å². The number of rotatable bonds is 14. The van der Waals surface area contributed by atoms with E-state index in [1.807, 2.05) is 31.2 Å². The summed E-state index contributed by atoms with van der Waals surface area (Å²) in [6.45, 7) is 13.0. The van der Waals surface area contributed by atoms with E-state index in [1.54, 1.807) is 29.2 Å². The standard InChI is InChI=1S/C33H42N2O6/c1-4-6-7-20-40-27-12-9-25(10-13-27)30-29(31(36)26-11-14-28(24(3)23-26)41-19-5-2)32(37)33(38)35(30)16-8-15-34-17-21-39-22-18-34/h5,9-14,23,30,36H,2,4,6-8,15-22H2,1,3H3/b31-29+. The van der Waals surface area contributed by atoms with Gasteiger partial charge >= 0.3 is 0 Å². The highest BCUT2D eigenvalue weighted by Gasteiger charge is 2.45. The SMILES string of the molecule is C=CCOc1ccc(/C(O)=C2\C(=O)C(=O)N(CCCN3CCOCC3)C2c2ccc(OCCCCC)cc2)cc1C. The predicted octanol–water partition coefficient (Wildman–Crippen LogP) is 5.27. The number of Topliss-reactive ketones (excluding diaryl/α,β-unsaturated/α-hetero) is 1. The molecule has 8 heteroatoms. The number of ether oxygens (including phenoxy) is 3. The summed E-state index contributed by atoms with van der Waals surface area (Å²) in [5, 5.41) is 11.5. The number of amides is 1. The zero-order valence-corrected chi connectivity index (χ0v) is 24.3. The van der Waals surface area contributed by atoms with Gasteiger partial charge in [0.1, 0.15) is 23.9 Å². The molecule has 2 aliphatic heterocycles. The van der Waals surface area contributed by atoms with Crippen molar-refractivity contribution in [2.24, 2.45) is 0 Å². The van der Waals surface area contributed by atoms with E-state index in [0.29, 0.717) is 50.7 Å². The Morgan fingerprint density at radius 3 is 2.49 bits per heavy atom. The summed E-state index contributed by atoms with van der Waals surface area (Å²) in [6.07, 6.45) is 5.58. The lowest BCUT2D eigenvalue weighted by molar-refractivity contribution is -0.140. The molecule has 2 aromatic rings. The molecule has 4 rings (SSSR count). The molecule has 0 radical (unpaired) electrons. The number of unbranched alkanes of at least 4 members (excludes halogenated alkanes) is 2. The van der Waals surface area contributed by atoms with Crippen LogP contribution in [-0.2, 0) is 14.3 Å². The van der Waals surface area contributed by atoms with Crippen molar-refractivity contribution in [3.63, 3.8) is 0 Å². The number of carbonyl (C=O) groups is 2. The summed E-state index contributed by atoms with van der Waals surface area (Å²) in [6, 6.07) is 12.0. The number of nitrogens with zero attached hydrogens (tertiary/aromatic N) is 2. The Labute approximate surface area is 243 Å². The zero-order valence-electron chi connectivity index (χ0n) is 24.3. The fourth-order valence-electron chi connectivity index (χ4n) is 5.30. The summed E-state index contributed by atoms with van der Waals surface area (Å²) >= 11 is 0. The number of aliphatic hydroxyl groups excluding tert-OH is 1. The van der Waals surface area contributed by atoms with Crippen LogP contribution in [0, 0.1) is 6.92 Å². The Balaban J connectivity index is 1.63. The van der Waals surface area contributed by atoms with E-state index in [4.69, 9.17) is 14.2 Å². The first-order chi connectivity index (χ1) is 19.9. The van der Waals surface area contributed by atoms with Crippen molar-refractivity contribution in [1.29, 1.82) is 0 Å². The van der Waals surface area contributed by atoms with Gasteiger partial charge in [0.15, 0.2) is 0 Å². The third-order valence-electron chi connectivity index (χ3n) is 7.53. The van der Waals surface area contributed by atoms with Crippen LogP contribution in [0.25, 0.3) is 5.76 Å². The molecule has 0 spiro atoms. The first-order valence-electron chi connectivity index (χ1n) is 14.6. The molecule has 2 aromatic carbocycles. The minimum atomic E-state index is -0.703. The number of benzene rings is 2. The zero-order chi connectivity index (χ0) is 29.2. The highest BCUT2D eigenvalue weighted by molar-refractivity contribution is 6.46. The Bertz CT molecular complexity index is 1230. The van der Waals surface area contributed by atoms with E-state index in [9.17, 15) is 14.7 Å². The summed E-state index contributed by atoms with van der Waals surface area (Å²) in [4.78, 5) is 30.7. The molecule has 0 aliphatic carbocycles. The second kappa shape index (κ2) is 14.8. The highest BCUT2D eigenvalue weighted by atomic mass is 16.5. The van der Waals surface area contributed by atoms with E-state index >= 15 is 0 Å². The number of hydrogen-bond acceptors (Lipinski definition) is 7. The van der Waals surface area contributed by atoms with E-state index in [2.05, 4.69) is 18.4 Å². The quantitative estimate of drug-likeness (QED) is 0.110. The van der Waals surface area contributed by atoms with Crippen LogP contribution >= 0.6 is 0 Å². The van der Waals surface area contributed by atoms with Crippen LogP contribution in [0.4, 0.5) is 0 Å². The second-order valence-corrected chi connectivity index (χ2v) is 10.5. The summed E-state index contributed by atoms with van der Waals surface area (Å²) in [7, 11) is 0. The van der Waals surface area contributed by atoms with Gasteiger partial charge in [0.25, 0.3) is 11.7 Å². The molecule has 1 atom stereocenters. The van der Waals surface area contributed by atoms with Crippen LogP contribution in [0.15, 0.2) is 60.7 Å². The van der Waals surface area contributed by atoms with Crippen LogP contribution in [0.1, 0.15) is 55.3 Å². The average molecular weight is 563 g/mol. The van der Waals surface area contributed by atoms with Gasteiger partial charge in [-0.3, -0.25) is 14.5 Å². The van der Waals surface area contributed by atoms with Crippen LogP contribution < -0.4 is 9.47 Å². The lowest BCUT2D eigenvalue weighted by atomic mass is 9.94. The molecule has 220 valence electrons. The number of aryl methyl sites for hydroxylation is 1. The molecule has 2 saturated heterocycles. The molecule has 1 unspecified atom stereocenters. The third kappa shape index (κ3) is 7.57. The molecule has 0 saturated carbocycles. The number of aliphatic hydroxyl groups is 1. The first kappa shape index (κ1) is 30.3. The van der Waals surface area contributed by atoms with E-state index in [0.717, 1.165) is 55.8 Å². The normalized spacial score (nSPS) is 19.0. The molecule has 2 heterocycles. The Morgan fingerprint density at radius 2 is 1.80 bits per heavy atom. The van der Waals surface area contributed by atoms with Gasteiger partial charge in [-0.15, -0.1) is 0 Å². The van der Waals surface area contributed by atoms with Gasteiger partial charge in [-0.2, -0.15) is 0 Å². The lowest BCUT2D eigenvalue weighted by Gasteiger charge is -2.29. The van der Waals surface area contributed by atoms with Gasteiger partial charge in [-0.05, 0) is 61.2 Å². The monoisotopic (exact) mass is 562 g/mol. The fourth-order valence-corrected chi connectivity index (χ4v) is 5.30. The molecule has 0 aromatic heterocycles. The molecule has 2 fully saturated rings. The van der Waals surface area contributed by atoms with Crippen LogP contribution in [0.2, 0.25) is 0 Å². The number of hydrogen-bond donors (Lipinski definition) is 1. The summed E-state index contributed by atoms with van der Waals surface area (Å²) in [5.41, 5.74) is 2.11. The van der Waals surface area contributed by atoms with Gasteiger partial charge < -0.3 is 24.2 Å². The molecule has 8 nitrogen and oxygen atoms in total. The van der Waals surface area contributed by atoms with Crippen molar-refractivity contribution in [2.75, 3.05) is 52.6 Å². The van der Waals surface area contributed by atoms with E-state index < -0.39 is 17.7 Å². The van der Waals surface area contributed by atoms with Gasteiger partial charge in [0.05, 0.1) is 31.4 Å². The highest BCUT2D eigenvalue weighted by Crippen LogP contribution is 2.40. The van der Waals surface area contributed by atoms with Crippen molar-refractivity contribution < 1.29 is 28.9 Å². The number of likely N-dealkylation sites (tertiary alicyclic amines) is 1. The molecule has 0 bridgehead atoms. The molecule has 2 aliphatic rings. The Morgan fingerprint density at radius 1 is 1.05 bits per heavy atom. The van der Waals surface area contributed by atoms with Crippen molar-refractivity contribution >= 4 is 17.4 Å². The fraction of sp³-hybridized carbons (Fsp3) is 0.455. The van der Waals surface area contributed by atoms with Gasteiger partial charge in [0, 0.05) is 31.7 Å². The van der Waals surface area contributed by atoms with Crippen LogP contribution in [-0.4, -0.2) is 79.2 Å². The first-order valence-corrected chi connectivity index (χ1v) is 14.6. The minimum Gasteiger partial charge on any atom is -0.507 e. The second-order valence-electron chi connectivity index (χ2n) is 10.5. The maximum Gasteiger partial charge on any atom is 0.295 e. The van der Waals surface area contributed by atoms with Gasteiger partial charge in [-0.25, -0.2) is 0 Å². The average Bonchev–Trinajstić information content (AvgIpc) is 3.24. The summed E-state index contributed by atoms with van der Waals surface area (Å²) < 4.78 is 17.0. The molecule has 1 amide bonds. The number of ketones is 1. The number of carbonyl (C=O) groups excluding carboxylic acids is 2. The predicted molar refractivity (Wildman–Crippen MR) is 159 cm³/mol. The molecular weight excluding hydrogens is 520 g/mol. The summed E-state index contributed by atoms with van der Waals surface area (Å²) in [5.74, 6) is -0.0669. The molecular formula is C33H42N2O6. The van der Waals surface area contributed by atoms with Gasteiger partial charge in [0.2, 0.25) is 0 Å². The lowest BCUT2D eigenvalue weighted by Crippen LogP contribution is -2.38. The Kier molecular flexibility index (Phi) is 11.0. The topological polar surface area (TPSA) is 88.5 Å². The maximum absolute atomic E-state index is 13.4. The minimum absolute atomic E-state index is 0.0946. The maximum atomic E-state index is 13.4. The van der Waals surface area contributed by atoms with Crippen molar-refractivity contribution in [3.05, 3.63) is 77.4 Å². The Hall–Kier alpha value is -3.62.